The Balaban J connectivity index is 1.80. The number of halogens is 1. The first kappa shape index (κ1) is 16.6. The number of anilines is 1. The molecular weight excluding hydrogens is 342 g/mol. The van der Waals surface area contributed by atoms with Crippen LogP contribution in [0.15, 0.2) is 82.8 Å². The van der Waals surface area contributed by atoms with E-state index in [0.29, 0.717) is 6.42 Å². The van der Waals surface area contributed by atoms with Crippen molar-refractivity contribution in [1.82, 2.24) is 0 Å². The standard InChI is InChI=1S/C22H18ClN3/c1-15-6-2-3-7-18(15)25-22-14-21(16-10-12-17(23)13-11-16)24-19-8-4-5-9-20(19)26-22/h2-13H,14H2,1H3,(H,25,26). The molecule has 0 aliphatic carbocycles. The van der Waals surface area contributed by atoms with Gasteiger partial charge in [-0.2, -0.15) is 0 Å². The summed E-state index contributed by atoms with van der Waals surface area (Å²) in [6, 6.07) is 23.9. The van der Waals surface area contributed by atoms with Gasteiger partial charge in [-0.3, -0.25) is 4.99 Å². The first-order valence-corrected chi connectivity index (χ1v) is 8.89. The van der Waals surface area contributed by atoms with Gasteiger partial charge in [0.1, 0.15) is 5.84 Å². The first-order valence-electron chi connectivity index (χ1n) is 8.52. The van der Waals surface area contributed by atoms with Crippen LogP contribution in [0.25, 0.3) is 0 Å². The van der Waals surface area contributed by atoms with E-state index in [0.717, 1.165) is 44.8 Å². The van der Waals surface area contributed by atoms with Crippen LogP contribution in [0.3, 0.4) is 0 Å². The van der Waals surface area contributed by atoms with E-state index < -0.39 is 0 Å². The van der Waals surface area contributed by atoms with Crippen molar-refractivity contribution in [3.05, 3.63) is 88.9 Å². The topological polar surface area (TPSA) is 36.8 Å². The van der Waals surface area contributed by atoms with Crippen molar-refractivity contribution in [3.63, 3.8) is 0 Å². The number of fused-ring (bicyclic) bond motifs is 1. The van der Waals surface area contributed by atoms with E-state index in [2.05, 4.69) is 18.3 Å². The van der Waals surface area contributed by atoms with Gasteiger partial charge in [0.05, 0.1) is 22.8 Å². The summed E-state index contributed by atoms with van der Waals surface area (Å²) in [5.74, 6) is 0.873. The zero-order chi connectivity index (χ0) is 17.9. The van der Waals surface area contributed by atoms with E-state index in [1.165, 1.54) is 0 Å². The van der Waals surface area contributed by atoms with Crippen molar-refractivity contribution < 1.29 is 0 Å². The van der Waals surface area contributed by atoms with Crippen molar-refractivity contribution in [2.24, 2.45) is 9.98 Å². The smallest absolute Gasteiger partial charge is 0.113 e. The van der Waals surface area contributed by atoms with Gasteiger partial charge in [0.2, 0.25) is 0 Å². The van der Waals surface area contributed by atoms with Crippen LogP contribution in [0.1, 0.15) is 17.5 Å². The van der Waals surface area contributed by atoms with Crippen LogP contribution in [0.2, 0.25) is 5.02 Å². The molecule has 0 saturated heterocycles. The summed E-state index contributed by atoms with van der Waals surface area (Å²) in [4.78, 5) is 9.75. The van der Waals surface area contributed by atoms with E-state index in [1.807, 2.05) is 66.7 Å². The molecule has 3 aromatic carbocycles. The minimum atomic E-state index is 0.616. The lowest BCUT2D eigenvalue weighted by Gasteiger charge is -2.10. The Bertz CT molecular complexity index is 1000. The first-order chi connectivity index (χ1) is 12.7. The maximum Gasteiger partial charge on any atom is 0.113 e. The Hall–Kier alpha value is -2.91. The number of hydrogen-bond donors (Lipinski definition) is 1. The minimum absolute atomic E-state index is 0.616. The van der Waals surface area contributed by atoms with Gasteiger partial charge in [-0.05, 0) is 48.4 Å². The largest absolute Gasteiger partial charge is 0.342 e. The molecule has 1 heterocycles. The fourth-order valence-electron chi connectivity index (χ4n) is 2.93. The molecule has 4 rings (SSSR count). The number of rotatable bonds is 2. The number of benzene rings is 3. The number of para-hydroxylation sites is 3. The Morgan fingerprint density at radius 1 is 0.923 bits per heavy atom. The summed E-state index contributed by atoms with van der Waals surface area (Å²) < 4.78 is 0. The predicted octanol–water partition coefficient (Wildman–Crippen LogP) is 6.32. The number of nitrogens with one attached hydrogen (secondary N) is 1. The molecule has 1 aliphatic heterocycles. The van der Waals surface area contributed by atoms with E-state index in [1.54, 1.807) is 0 Å². The zero-order valence-electron chi connectivity index (χ0n) is 14.4. The predicted molar refractivity (Wildman–Crippen MR) is 111 cm³/mol. The van der Waals surface area contributed by atoms with Gasteiger partial charge in [-0.25, -0.2) is 4.99 Å². The van der Waals surface area contributed by atoms with Crippen molar-refractivity contribution >= 4 is 40.2 Å². The molecule has 1 N–H and O–H groups in total. The summed E-state index contributed by atoms with van der Waals surface area (Å²) >= 11 is 6.04. The maximum atomic E-state index is 6.04. The number of nitrogens with zero attached hydrogens (tertiary/aromatic N) is 2. The Labute approximate surface area is 158 Å². The van der Waals surface area contributed by atoms with E-state index >= 15 is 0 Å². The molecule has 0 atom stereocenters. The van der Waals surface area contributed by atoms with Crippen LogP contribution in [0.4, 0.5) is 17.1 Å². The summed E-state index contributed by atoms with van der Waals surface area (Å²) in [7, 11) is 0. The van der Waals surface area contributed by atoms with Crippen LogP contribution >= 0.6 is 11.6 Å². The van der Waals surface area contributed by atoms with Gasteiger partial charge in [0.25, 0.3) is 0 Å². The third-order valence-electron chi connectivity index (χ3n) is 4.32. The second-order valence-electron chi connectivity index (χ2n) is 6.23. The Kier molecular flexibility index (Phi) is 4.55. The third kappa shape index (κ3) is 3.53. The second kappa shape index (κ2) is 7.14. The van der Waals surface area contributed by atoms with E-state index in [4.69, 9.17) is 21.6 Å². The maximum absolute atomic E-state index is 6.04. The van der Waals surface area contributed by atoms with Crippen molar-refractivity contribution in [2.75, 3.05) is 5.32 Å². The van der Waals surface area contributed by atoms with Gasteiger partial charge in [0.15, 0.2) is 0 Å². The third-order valence-corrected chi connectivity index (χ3v) is 4.57. The minimum Gasteiger partial charge on any atom is -0.342 e. The van der Waals surface area contributed by atoms with Crippen molar-refractivity contribution in [1.29, 1.82) is 0 Å². The molecular formula is C22H18ClN3. The molecule has 3 aromatic rings. The van der Waals surface area contributed by atoms with Crippen LogP contribution in [-0.4, -0.2) is 11.5 Å². The van der Waals surface area contributed by atoms with E-state index in [9.17, 15) is 0 Å². The lowest BCUT2D eigenvalue weighted by molar-refractivity contribution is 1.36. The molecule has 1 aliphatic rings. The molecule has 0 unspecified atom stereocenters. The molecule has 0 aromatic heterocycles. The fourth-order valence-corrected chi connectivity index (χ4v) is 3.06. The molecule has 0 amide bonds. The summed E-state index contributed by atoms with van der Waals surface area (Å²) in [6.45, 7) is 2.07. The molecule has 0 bridgehead atoms. The van der Waals surface area contributed by atoms with Gasteiger partial charge in [-0.1, -0.05) is 54.1 Å². The monoisotopic (exact) mass is 359 g/mol. The molecule has 0 radical (unpaired) electrons. The molecule has 128 valence electrons. The number of aliphatic imine (C=N–C) groups is 2. The highest BCUT2D eigenvalue weighted by Gasteiger charge is 2.16. The average molecular weight is 360 g/mol. The average Bonchev–Trinajstić information content (AvgIpc) is 2.83. The van der Waals surface area contributed by atoms with Crippen LogP contribution in [-0.2, 0) is 0 Å². The molecule has 26 heavy (non-hydrogen) atoms. The molecule has 0 saturated carbocycles. The molecule has 4 heteroatoms. The van der Waals surface area contributed by atoms with Crippen molar-refractivity contribution in [2.45, 2.75) is 13.3 Å². The summed E-state index contributed by atoms with van der Waals surface area (Å²) in [5.41, 5.74) is 5.99. The van der Waals surface area contributed by atoms with Gasteiger partial charge < -0.3 is 5.32 Å². The highest BCUT2D eigenvalue weighted by atomic mass is 35.5. The second-order valence-corrected chi connectivity index (χ2v) is 6.67. The Morgan fingerprint density at radius 3 is 2.46 bits per heavy atom. The SMILES string of the molecule is Cc1ccccc1N=C1CC(c2ccc(Cl)cc2)=Nc2ccccc2N1. The highest BCUT2D eigenvalue weighted by molar-refractivity contribution is 6.30. The van der Waals surface area contributed by atoms with Gasteiger partial charge >= 0.3 is 0 Å². The van der Waals surface area contributed by atoms with Crippen LogP contribution in [0, 0.1) is 6.92 Å². The molecule has 0 spiro atoms. The molecule has 0 fully saturated rings. The Morgan fingerprint density at radius 2 is 1.65 bits per heavy atom. The zero-order valence-corrected chi connectivity index (χ0v) is 15.2. The normalized spacial score (nSPS) is 15.0. The van der Waals surface area contributed by atoms with E-state index in [-0.39, 0.29) is 0 Å². The molecule has 3 nitrogen and oxygen atoms in total. The number of amidine groups is 1. The highest BCUT2D eigenvalue weighted by Crippen LogP contribution is 2.30. The van der Waals surface area contributed by atoms with Crippen LogP contribution in [0.5, 0.6) is 0 Å². The summed E-state index contributed by atoms with van der Waals surface area (Å²) in [5, 5.41) is 4.17. The fraction of sp³-hybridized carbons (Fsp3) is 0.0909. The van der Waals surface area contributed by atoms with Crippen molar-refractivity contribution in [3.8, 4) is 0 Å². The van der Waals surface area contributed by atoms with Crippen LogP contribution < -0.4 is 5.32 Å². The van der Waals surface area contributed by atoms with Gasteiger partial charge in [-0.15, -0.1) is 0 Å². The number of hydrogen-bond acceptors (Lipinski definition) is 2. The summed E-state index contributed by atoms with van der Waals surface area (Å²) in [6.07, 6.45) is 0.616. The lowest BCUT2D eigenvalue weighted by Crippen LogP contribution is -2.15. The lowest BCUT2D eigenvalue weighted by atomic mass is 10.1. The quantitative estimate of drug-likeness (QED) is 0.571. The number of aryl methyl sites for hydroxylation is 1. The van der Waals surface area contributed by atoms with Gasteiger partial charge in [0, 0.05) is 11.4 Å².